The number of amides is 1. The molecule has 0 radical (unpaired) electrons. The molecule has 0 aromatic heterocycles. The quantitative estimate of drug-likeness (QED) is 0.203. The van der Waals surface area contributed by atoms with E-state index in [-0.39, 0.29) is 24.4 Å². The van der Waals surface area contributed by atoms with Gasteiger partial charge in [-0.2, -0.15) is 0 Å². The molecule has 11 heteroatoms. The van der Waals surface area contributed by atoms with Crippen LogP contribution in [0.3, 0.4) is 0 Å². The Labute approximate surface area is 177 Å². The Balaban J connectivity index is 2.69. The van der Waals surface area contributed by atoms with Crippen LogP contribution < -0.4 is 5.32 Å². The van der Waals surface area contributed by atoms with Crippen molar-refractivity contribution >= 4 is 15.9 Å². The van der Waals surface area contributed by atoms with Crippen LogP contribution in [0.2, 0.25) is 0 Å². The highest BCUT2D eigenvalue weighted by Gasteiger charge is 2.24. The number of azide groups is 1. The molecule has 0 spiro atoms. The normalized spacial score (nSPS) is 12.3. The predicted octanol–water partition coefficient (Wildman–Crippen LogP) is 3.35. The molecule has 30 heavy (non-hydrogen) atoms. The number of nitrogens with one attached hydrogen (secondary N) is 1. The molecular weight excluding hydrogens is 412 g/mol. The van der Waals surface area contributed by atoms with Crippen molar-refractivity contribution in [3.63, 3.8) is 0 Å². The second-order valence-corrected chi connectivity index (χ2v) is 8.45. The molecule has 1 amide bonds. The second kappa shape index (κ2) is 13.8. The van der Waals surface area contributed by atoms with Crippen LogP contribution in [0.25, 0.3) is 10.4 Å². The first kappa shape index (κ1) is 25.7. The smallest absolute Gasteiger partial charge is 0.407 e. The monoisotopic (exact) mass is 442 g/mol. The van der Waals surface area contributed by atoms with Gasteiger partial charge in [-0.05, 0) is 44.9 Å². The Bertz CT molecular complexity index is 788. The summed E-state index contributed by atoms with van der Waals surface area (Å²) in [5, 5.41) is 5.96. The SMILES string of the molecule is CCOC(CCNC(=O)OC(CCN=[N+]=[N-])CS(=O)(=O)c1ccc(C)cc1)OCC. The molecular formula is C19H30N4O6S. The third-order valence-electron chi connectivity index (χ3n) is 4.03. The molecule has 0 aliphatic carbocycles. The number of ether oxygens (including phenoxy) is 3. The van der Waals surface area contributed by atoms with Crippen molar-refractivity contribution < 1.29 is 27.4 Å². The molecule has 1 aromatic rings. The molecule has 0 bridgehead atoms. The van der Waals surface area contributed by atoms with Gasteiger partial charge in [-0.1, -0.05) is 22.8 Å². The lowest BCUT2D eigenvalue weighted by Crippen LogP contribution is -2.35. The Hall–Kier alpha value is -2.33. The Morgan fingerprint density at radius 2 is 1.80 bits per heavy atom. The summed E-state index contributed by atoms with van der Waals surface area (Å²) < 4.78 is 41.4. The van der Waals surface area contributed by atoms with Crippen LogP contribution in [0.5, 0.6) is 0 Å². The van der Waals surface area contributed by atoms with Gasteiger partial charge in [-0.3, -0.25) is 0 Å². The van der Waals surface area contributed by atoms with Crippen LogP contribution in [0.1, 0.15) is 32.3 Å². The van der Waals surface area contributed by atoms with Crippen LogP contribution >= 0.6 is 0 Å². The van der Waals surface area contributed by atoms with E-state index in [0.29, 0.717) is 19.6 Å². The number of benzene rings is 1. The van der Waals surface area contributed by atoms with E-state index < -0.39 is 34.1 Å². The molecule has 1 aromatic carbocycles. The molecule has 0 heterocycles. The fraction of sp³-hybridized carbons (Fsp3) is 0.632. The largest absolute Gasteiger partial charge is 0.445 e. The van der Waals surface area contributed by atoms with Crippen molar-refractivity contribution in [1.29, 1.82) is 0 Å². The van der Waals surface area contributed by atoms with Crippen LogP contribution in [-0.2, 0) is 24.0 Å². The summed E-state index contributed by atoms with van der Waals surface area (Å²) in [6.07, 6.45) is -1.66. The molecule has 1 atom stereocenters. The minimum absolute atomic E-state index is 0.00855. The van der Waals surface area contributed by atoms with Gasteiger partial charge in [-0.25, -0.2) is 13.2 Å². The first-order valence-electron chi connectivity index (χ1n) is 9.80. The lowest BCUT2D eigenvalue weighted by Gasteiger charge is -2.19. The molecule has 0 fully saturated rings. The van der Waals surface area contributed by atoms with Crippen LogP contribution in [0.15, 0.2) is 34.3 Å². The number of aryl methyl sites for hydroxylation is 1. The zero-order chi connectivity index (χ0) is 22.4. The number of carbonyl (C=O) groups excluding carboxylic acids is 1. The van der Waals surface area contributed by atoms with Crippen LogP contribution in [0.4, 0.5) is 4.79 Å². The third kappa shape index (κ3) is 9.93. The Morgan fingerprint density at radius 1 is 1.17 bits per heavy atom. The predicted molar refractivity (Wildman–Crippen MR) is 112 cm³/mol. The van der Waals surface area contributed by atoms with Gasteiger partial charge in [0.25, 0.3) is 0 Å². The number of carbonyl (C=O) groups is 1. The van der Waals surface area contributed by atoms with E-state index in [9.17, 15) is 13.2 Å². The van der Waals surface area contributed by atoms with E-state index in [4.69, 9.17) is 19.7 Å². The Morgan fingerprint density at radius 3 is 2.37 bits per heavy atom. The van der Waals surface area contributed by atoms with E-state index in [0.717, 1.165) is 5.56 Å². The summed E-state index contributed by atoms with van der Waals surface area (Å²) in [6, 6.07) is 6.42. The van der Waals surface area contributed by atoms with Gasteiger partial charge in [-0.15, -0.1) is 0 Å². The number of nitrogens with zero attached hydrogens (tertiary/aromatic N) is 3. The van der Waals surface area contributed by atoms with Crippen LogP contribution in [0, 0.1) is 6.92 Å². The van der Waals surface area contributed by atoms with Gasteiger partial charge < -0.3 is 19.5 Å². The summed E-state index contributed by atoms with van der Waals surface area (Å²) in [7, 11) is -3.69. The summed E-state index contributed by atoms with van der Waals surface area (Å²) in [5.74, 6) is -0.412. The molecule has 0 aliphatic rings. The van der Waals surface area contributed by atoms with Gasteiger partial charge in [0.15, 0.2) is 16.1 Å². The van der Waals surface area contributed by atoms with Gasteiger partial charge >= 0.3 is 6.09 Å². The van der Waals surface area contributed by atoms with E-state index >= 15 is 0 Å². The summed E-state index contributed by atoms with van der Waals surface area (Å²) in [6.45, 7) is 6.74. The highest BCUT2D eigenvalue weighted by atomic mass is 32.2. The summed E-state index contributed by atoms with van der Waals surface area (Å²) >= 11 is 0. The van der Waals surface area contributed by atoms with Crippen molar-refractivity contribution in [2.45, 2.75) is 50.9 Å². The zero-order valence-corrected chi connectivity index (χ0v) is 18.4. The molecule has 1 unspecified atom stereocenters. The minimum Gasteiger partial charge on any atom is -0.445 e. The lowest BCUT2D eigenvalue weighted by molar-refractivity contribution is -0.138. The molecule has 1 rings (SSSR count). The summed E-state index contributed by atoms with van der Waals surface area (Å²) in [4.78, 5) is 14.9. The first-order valence-corrected chi connectivity index (χ1v) is 11.5. The number of hydrogen-bond acceptors (Lipinski definition) is 7. The minimum atomic E-state index is -3.69. The maximum Gasteiger partial charge on any atom is 0.407 e. The molecule has 0 saturated carbocycles. The van der Waals surface area contributed by atoms with Crippen molar-refractivity contribution in [1.82, 2.24) is 5.32 Å². The highest BCUT2D eigenvalue weighted by Crippen LogP contribution is 2.16. The first-order chi connectivity index (χ1) is 14.3. The van der Waals surface area contributed by atoms with Crippen molar-refractivity contribution in [3.05, 3.63) is 40.3 Å². The van der Waals surface area contributed by atoms with Crippen molar-refractivity contribution in [2.24, 2.45) is 5.11 Å². The number of sulfone groups is 1. The van der Waals surface area contributed by atoms with Gasteiger partial charge in [0, 0.05) is 37.6 Å². The number of hydrogen-bond donors (Lipinski definition) is 1. The fourth-order valence-corrected chi connectivity index (χ4v) is 4.05. The Kier molecular flexibility index (Phi) is 11.8. The van der Waals surface area contributed by atoms with Gasteiger partial charge in [0.1, 0.15) is 6.10 Å². The molecule has 10 nitrogen and oxygen atoms in total. The van der Waals surface area contributed by atoms with Crippen molar-refractivity contribution in [3.8, 4) is 0 Å². The van der Waals surface area contributed by atoms with E-state index in [1.54, 1.807) is 12.1 Å². The molecule has 168 valence electrons. The zero-order valence-electron chi connectivity index (χ0n) is 17.6. The average Bonchev–Trinajstić information content (AvgIpc) is 2.68. The highest BCUT2D eigenvalue weighted by molar-refractivity contribution is 7.91. The number of alkyl carbamates (subject to hydrolysis) is 1. The number of rotatable bonds is 14. The average molecular weight is 443 g/mol. The third-order valence-corrected chi connectivity index (χ3v) is 5.83. The standard InChI is InChI=1S/C19H30N4O6S/c1-4-27-18(28-5-2)11-12-21-19(24)29-16(10-13-22-23-20)14-30(25,26)17-8-6-15(3)7-9-17/h6-9,16,18H,4-5,10-14H2,1-3H3,(H,21,24). The van der Waals surface area contributed by atoms with Crippen molar-refractivity contribution in [2.75, 3.05) is 32.1 Å². The molecule has 0 aliphatic heterocycles. The topological polar surface area (TPSA) is 140 Å². The van der Waals surface area contributed by atoms with Crippen LogP contribution in [-0.4, -0.2) is 59.0 Å². The maximum atomic E-state index is 12.7. The van der Waals surface area contributed by atoms with E-state index in [1.165, 1.54) is 12.1 Å². The summed E-state index contributed by atoms with van der Waals surface area (Å²) in [5.41, 5.74) is 9.38. The molecule has 0 saturated heterocycles. The van der Waals surface area contributed by atoms with E-state index in [1.807, 2.05) is 20.8 Å². The van der Waals surface area contributed by atoms with Gasteiger partial charge in [0.05, 0.1) is 10.6 Å². The maximum absolute atomic E-state index is 12.7. The fourth-order valence-electron chi connectivity index (χ4n) is 2.58. The van der Waals surface area contributed by atoms with Gasteiger partial charge in [0.2, 0.25) is 0 Å². The van der Waals surface area contributed by atoms with E-state index in [2.05, 4.69) is 15.3 Å². The second-order valence-electron chi connectivity index (χ2n) is 6.42. The lowest BCUT2D eigenvalue weighted by atomic mass is 10.2. The molecule has 1 N–H and O–H groups in total.